The van der Waals surface area contributed by atoms with Crippen LogP contribution in [0.4, 0.5) is 27.8 Å². The van der Waals surface area contributed by atoms with Crippen LogP contribution in [0, 0.1) is 0 Å². The zero-order valence-electron chi connectivity index (χ0n) is 13.8. The molecule has 2 fully saturated rings. The van der Waals surface area contributed by atoms with Crippen molar-refractivity contribution < 1.29 is 31.5 Å². The van der Waals surface area contributed by atoms with Crippen molar-refractivity contribution in [2.24, 2.45) is 0 Å². The standard InChI is InChI=1S/C16H18F5N3O2/c17-15(18)4-6-23(7-5-15)14(25)11-10-24(8-9-26-11)13-3-1-2-12(22-13)16(19,20)21/h1-3,11H,4-10H2. The Balaban J connectivity index is 1.67. The van der Waals surface area contributed by atoms with Gasteiger partial charge in [0.15, 0.2) is 6.10 Å². The van der Waals surface area contributed by atoms with Gasteiger partial charge in [-0.2, -0.15) is 13.2 Å². The molecular weight excluding hydrogens is 361 g/mol. The van der Waals surface area contributed by atoms with E-state index in [9.17, 15) is 26.7 Å². The van der Waals surface area contributed by atoms with Gasteiger partial charge in [-0.1, -0.05) is 6.07 Å². The van der Waals surface area contributed by atoms with E-state index in [2.05, 4.69) is 4.98 Å². The molecule has 5 nitrogen and oxygen atoms in total. The van der Waals surface area contributed by atoms with Crippen molar-refractivity contribution in [3.63, 3.8) is 0 Å². The number of ether oxygens (including phenoxy) is 1. The molecule has 3 rings (SSSR count). The largest absolute Gasteiger partial charge is 0.433 e. The molecule has 2 aliphatic heterocycles. The first-order valence-electron chi connectivity index (χ1n) is 8.23. The third-order valence-electron chi connectivity index (χ3n) is 4.50. The average molecular weight is 379 g/mol. The molecule has 0 aromatic carbocycles. The van der Waals surface area contributed by atoms with E-state index in [1.54, 1.807) is 4.90 Å². The summed E-state index contributed by atoms with van der Waals surface area (Å²) < 4.78 is 70.3. The summed E-state index contributed by atoms with van der Waals surface area (Å²) in [4.78, 5) is 19.0. The van der Waals surface area contributed by atoms with Crippen molar-refractivity contribution in [3.05, 3.63) is 23.9 Å². The Bertz CT molecular complexity index is 658. The van der Waals surface area contributed by atoms with Crippen LogP contribution in [-0.4, -0.2) is 60.6 Å². The number of hydrogen-bond donors (Lipinski definition) is 0. The Hall–Kier alpha value is -1.97. The molecule has 1 aromatic heterocycles. The number of alkyl halides is 5. The maximum atomic E-state index is 13.2. The third-order valence-corrected chi connectivity index (χ3v) is 4.50. The van der Waals surface area contributed by atoms with Crippen LogP contribution in [0.25, 0.3) is 0 Å². The molecule has 0 spiro atoms. The molecule has 1 amide bonds. The Morgan fingerprint density at radius 2 is 1.88 bits per heavy atom. The van der Waals surface area contributed by atoms with Crippen LogP contribution < -0.4 is 4.90 Å². The maximum Gasteiger partial charge on any atom is 0.433 e. The molecule has 0 saturated carbocycles. The van der Waals surface area contributed by atoms with Crippen LogP contribution in [-0.2, 0) is 15.7 Å². The summed E-state index contributed by atoms with van der Waals surface area (Å²) in [7, 11) is 0. The molecule has 0 bridgehead atoms. The highest BCUT2D eigenvalue weighted by Crippen LogP contribution is 2.30. The number of hydrogen-bond acceptors (Lipinski definition) is 4. The molecule has 1 unspecified atom stereocenters. The van der Waals surface area contributed by atoms with E-state index in [-0.39, 0.29) is 38.6 Å². The van der Waals surface area contributed by atoms with E-state index in [4.69, 9.17) is 4.74 Å². The van der Waals surface area contributed by atoms with Crippen LogP contribution in [0.5, 0.6) is 0 Å². The highest BCUT2D eigenvalue weighted by Gasteiger charge is 2.39. The number of aromatic nitrogens is 1. The van der Waals surface area contributed by atoms with Crippen LogP contribution in [0.15, 0.2) is 18.2 Å². The Kier molecular flexibility index (Phi) is 5.05. The predicted molar refractivity (Wildman–Crippen MR) is 82.0 cm³/mol. The highest BCUT2D eigenvalue weighted by atomic mass is 19.4. The lowest BCUT2D eigenvalue weighted by Crippen LogP contribution is -2.53. The number of piperidine rings is 1. The maximum absolute atomic E-state index is 13.2. The fourth-order valence-corrected chi connectivity index (χ4v) is 3.02. The van der Waals surface area contributed by atoms with E-state index in [1.807, 2.05) is 0 Å². The summed E-state index contributed by atoms with van der Waals surface area (Å²) in [5.41, 5.74) is -1.01. The fourth-order valence-electron chi connectivity index (χ4n) is 3.02. The molecule has 26 heavy (non-hydrogen) atoms. The number of carbonyl (C=O) groups excluding carboxylic acids is 1. The Morgan fingerprint density at radius 3 is 2.54 bits per heavy atom. The van der Waals surface area contributed by atoms with Gasteiger partial charge in [-0.15, -0.1) is 0 Å². The van der Waals surface area contributed by atoms with E-state index < -0.39 is 42.6 Å². The lowest BCUT2D eigenvalue weighted by atomic mass is 10.1. The first kappa shape index (κ1) is 18.8. The summed E-state index contributed by atoms with van der Waals surface area (Å²) in [5.74, 6) is -3.08. The van der Waals surface area contributed by atoms with E-state index in [1.165, 1.54) is 17.0 Å². The van der Waals surface area contributed by atoms with Crippen LogP contribution in [0.1, 0.15) is 18.5 Å². The number of carbonyl (C=O) groups is 1. The zero-order valence-corrected chi connectivity index (χ0v) is 13.8. The molecule has 2 saturated heterocycles. The second-order valence-corrected chi connectivity index (χ2v) is 6.37. The predicted octanol–water partition coefficient (Wildman–Crippen LogP) is 2.56. The van der Waals surface area contributed by atoms with Crippen LogP contribution >= 0.6 is 0 Å². The number of likely N-dealkylation sites (tertiary alicyclic amines) is 1. The minimum absolute atomic E-state index is 0.0278. The molecule has 3 heterocycles. The summed E-state index contributed by atoms with van der Waals surface area (Å²) in [5, 5.41) is 0. The number of morpholine rings is 1. The molecule has 1 aromatic rings. The molecule has 1 atom stereocenters. The van der Waals surface area contributed by atoms with Gasteiger partial charge in [0.1, 0.15) is 11.5 Å². The zero-order chi connectivity index (χ0) is 18.9. The van der Waals surface area contributed by atoms with E-state index in [0.29, 0.717) is 0 Å². The molecule has 0 N–H and O–H groups in total. The SMILES string of the molecule is O=C(C1CN(c2cccc(C(F)(F)F)n2)CCO1)N1CCC(F)(F)CC1. The van der Waals surface area contributed by atoms with Crippen LogP contribution in [0.2, 0.25) is 0 Å². The molecule has 0 radical (unpaired) electrons. The monoisotopic (exact) mass is 379 g/mol. The van der Waals surface area contributed by atoms with Crippen LogP contribution in [0.3, 0.4) is 0 Å². The summed E-state index contributed by atoms with van der Waals surface area (Å²) in [6.07, 6.45) is -6.27. The minimum Gasteiger partial charge on any atom is -0.365 e. The van der Waals surface area contributed by atoms with Crippen molar-refractivity contribution in [2.45, 2.75) is 31.0 Å². The van der Waals surface area contributed by atoms with Crippen molar-refractivity contribution in [3.8, 4) is 0 Å². The van der Waals surface area contributed by atoms with Gasteiger partial charge in [0.2, 0.25) is 0 Å². The number of amides is 1. The molecule has 2 aliphatic rings. The van der Waals surface area contributed by atoms with E-state index >= 15 is 0 Å². The average Bonchev–Trinajstić information content (AvgIpc) is 2.61. The van der Waals surface area contributed by atoms with Gasteiger partial charge < -0.3 is 14.5 Å². The third kappa shape index (κ3) is 4.22. The van der Waals surface area contributed by atoms with Gasteiger partial charge in [0.05, 0.1) is 13.2 Å². The normalized spacial score (nSPS) is 23.8. The van der Waals surface area contributed by atoms with Gasteiger partial charge in [-0.3, -0.25) is 4.79 Å². The number of anilines is 1. The molecule has 0 aliphatic carbocycles. The van der Waals surface area contributed by atoms with Gasteiger partial charge in [0.25, 0.3) is 11.8 Å². The number of rotatable bonds is 2. The van der Waals surface area contributed by atoms with Gasteiger partial charge >= 0.3 is 6.18 Å². The smallest absolute Gasteiger partial charge is 0.365 e. The highest BCUT2D eigenvalue weighted by molar-refractivity contribution is 5.82. The summed E-state index contributed by atoms with van der Waals surface area (Å²) in [6, 6.07) is 3.56. The van der Waals surface area contributed by atoms with Crippen molar-refractivity contribution in [1.29, 1.82) is 0 Å². The Labute approximate surface area is 146 Å². The summed E-state index contributed by atoms with van der Waals surface area (Å²) in [6.45, 7) is 0.329. The molecular formula is C16H18F5N3O2. The number of pyridine rings is 1. The molecule has 144 valence electrons. The van der Waals surface area contributed by atoms with Gasteiger partial charge in [-0.25, -0.2) is 13.8 Å². The van der Waals surface area contributed by atoms with Crippen molar-refractivity contribution >= 4 is 11.7 Å². The van der Waals surface area contributed by atoms with Crippen molar-refractivity contribution in [2.75, 3.05) is 37.7 Å². The van der Waals surface area contributed by atoms with Crippen molar-refractivity contribution in [1.82, 2.24) is 9.88 Å². The van der Waals surface area contributed by atoms with E-state index in [0.717, 1.165) is 6.07 Å². The fraction of sp³-hybridized carbons (Fsp3) is 0.625. The summed E-state index contributed by atoms with van der Waals surface area (Å²) >= 11 is 0. The number of nitrogens with zero attached hydrogens (tertiary/aromatic N) is 3. The van der Waals surface area contributed by atoms with Gasteiger partial charge in [-0.05, 0) is 12.1 Å². The number of halogens is 5. The Morgan fingerprint density at radius 1 is 1.19 bits per heavy atom. The second kappa shape index (κ2) is 6.98. The lowest BCUT2D eigenvalue weighted by Gasteiger charge is -2.38. The minimum atomic E-state index is -4.56. The second-order valence-electron chi connectivity index (χ2n) is 6.37. The lowest BCUT2D eigenvalue weighted by molar-refractivity contribution is -0.150. The topological polar surface area (TPSA) is 45.7 Å². The quantitative estimate of drug-likeness (QED) is 0.741. The van der Waals surface area contributed by atoms with Gasteiger partial charge in [0, 0.05) is 32.5 Å². The molecule has 10 heteroatoms. The first-order chi connectivity index (χ1) is 12.2. The first-order valence-corrected chi connectivity index (χ1v) is 8.23.